The van der Waals surface area contributed by atoms with E-state index >= 15 is 0 Å². The van der Waals surface area contributed by atoms with Gasteiger partial charge in [-0.05, 0) is 63.4 Å². The van der Waals surface area contributed by atoms with Gasteiger partial charge in [-0.2, -0.15) is 0 Å². The number of likely N-dealkylation sites (N-methyl/N-ethyl adjacent to an activating group) is 1. The van der Waals surface area contributed by atoms with Crippen molar-refractivity contribution in [1.82, 2.24) is 9.47 Å². The predicted molar refractivity (Wildman–Crippen MR) is 128 cm³/mol. The maximum absolute atomic E-state index is 13.7. The summed E-state index contributed by atoms with van der Waals surface area (Å²) in [7, 11) is 5.71. The molecule has 0 saturated heterocycles. The lowest BCUT2D eigenvalue weighted by molar-refractivity contribution is -0.173. The highest BCUT2D eigenvalue weighted by molar-refractivity contribution is 5.76. The number of hydrogen-bond donors (Lipinski definition) is 2. The third-order valence-corrected chi connectivity index (χ3v) is 6.73. The molecule has 0 aliphatic heterocycles. The summed E-state index contributed by atoms with van der Waals surface area (Å²) in [6, 6.07) is 9.96. The average Bonchev–Trinajstić information content (AvgIpc) is 3.10. The van der Waals surface area contributed by atoms with Gasteiger partial charge in [-0.1, -0.05) is 32.4 Å². The van der Waals surface area contributed by atoms with Gasteiger partial charge in [0.15, 0.2) is 11.8 Å². The van der Waals surface area contributed by atoms with Crippen LogP contribution in [0.4, 0.5) is 0 Å². The Morgan fingerprint density at radius 3 is 2.09 bits per heavy atom. The Balaban J connectivity index is 2.01. The summed E-state index contributed by atoms with van der Waals surface area (Å²) in [5, 5.41) is 20.6. The molecule has 0 bridgehead atoms. The molecule has 1 aliphatic carbocycles. The molecular weight excluding hydrogens is 420 g/mol. The van der Waals surface area contributed by atoms with E-state index in [2.05, 4.69) is 17.0 Å². The van der Waals surface area contributed by atoms with Crippen molar-refractivity contribution in [2.24, 2.45) is 5.92 Å². The van der Waals surface area contributed by atoms with Gasteiger partial charge in [-0.25, -0.2) is 4.79 Å². The van der Waals surface area contributed by atoms with Gasteiger partial charge in [0.25, 0.3) is 0 Å². The van der Waals surface area contributed by atoms with Crippen LogP contribution in [0.2, 0.25) is 0 Å². The molecule has 1 aromatic heterocycles. The van der Waals surface area contributed by atoms with Gasteiger partial charge in [0.1, 0.15) is 17.4 Å². The van der Waals surface area contributed by atoms with E-state index in [1.165, 1.54) is 16.7 Å². The number of methoxy groups -OCH3 is 1. The van der Waals surface area contributed by atoms with Crippen molar-refractivity contribution in [3.8, 4) is 17.5 Å². The second kappa shape index (κ2) is 10.5. The summed E-state index contributed by atoms with van der Waals surface area (Å²) in [6.45, 7) is 4.50. The van der Waals surface area contributed by atoms with E-state index < -0.39 is 17.6 Å². The normalized spacial score (nSPS) is 17.7. The van der Waals surface area contributed by atoms with E-state index in [-0.39, 0.29) is 23.6 Å². The van der Waals surface area contributed by atoms with Crippen molar-refractivity contribution >= 4 is 5.97 Å². The molecule has 2 N–H and O–H groups in total. The van der Waals surface area contributed by atoms with Crippen LogP contribution in [0.5, 0.6) is 17.5 Å². The average molecular weight is 459 g/mol. The lowest BCUT2D eigenvalue weighted by Gasteiger charge is -2.45. The van der Waals surface area contributed by atoms with Crippen LogP contribution in [0.15, 0.2) is 36.4 Å². The number of carbonyl (C=O) groups is 1. The first-order valence-corrected chi connectivity index (χ1v) is 11.8. The van der Waals surface area contributed by atoms with Crippen molar-refractivity contribution in [3.63, 3.8) is 0 Å². The topological polar surface area (TPSA) is 84.2 Å². The molecule has 2 atom stereocenters. The zero-order valence-corrected chi connectivity index (χ0v) is 20.5. The predicted octanol–water partition coefficient (Wildman–Crippen LogP) is 4.70. The first-order valence-electron chi connectivity index (χ1n) is 11.8. The van der Waals surface area contributed by atoms with Crippen LogP contribution in [0.3, 0.4) is 0 Å². The number of rotatable bonds is 9. The Morgan fingerprint density at radius 2 is 1.61 bits per heavy atom. The molecule has 0 amide bonds. The first kappa shape index (κ1) is 25.0. The van der Waals surface area contributed by atoms with Crippen molar-refractivity contribution in [2.75, 3.05) is 27.7 Å². The van der Waals surface area contributed by atoms with Gasteiger partial charge in [-0.15, -0.1) is 0 Å². The number of carbonyl (C=O) groups excluding carboxylic acids is 1. The number of ether oxygens (including phenoxy) is 2. The zero-order chi connectivity index (χ0) is 24.2. The highest BCUT2D eigenvalue weighted by Gasteiger charge is 2.46. The molecule has 7 heteroatoms. The number of nitrogens with zero attached hydrogens (tertiary/aromatic N) is 2. The molecule has 0 spiro atoms. The van der Waals surface area contributed by atoms with Crippen LogP contribution < -0.4 is 4.74 Å². The Labute approximate surface area is 196 Å². The lowest BCUT2D eigenvalue weighted by Crippen LogP contribution is -2.48. The number of hydrogen-bond acceptors (Lipinski definition) is 6. The number of benzene rings is 1. The third kappa shape index (κ3) is 5.46. The Bertz CT molecular complexity index is 894. The third-order valence-electron chi connectivity index (χ3n) is 6.73. The molecule has 1 aromatic carbocycles. The van der Waals surface area contributed by atoms with Crippen LogP contribution >= 0.6 is 0 Å². The molecule has 3 rings (SSSR count). The Kier molecular flexibility index (Phi) is 7.95. The van der Waals surface area contributed by atoms with E-state index in [1.54, 1.807) is 7.11 Å². The zero-order valence-electron chi connectivity index (χ0n) is 20.5. The van der Waals surface area contributed by atoms with E-state index in [4.69, 9.17) is 9.47 Å². The molecule has 33 heavy (non-hydrogen) atoms. The van der Waals surface area contributed by atoms with Crippen LogP contribution in [-0.2, 0) is 9.53 Å². The largest absolute Gasteiger partial charge is 0.497 e. The van der Waals surface area contributed by atoms with Gasteiger partial charge < -0.3 is 24.6 Å². The molecule has 1 heterocycles. The SMILES string of the molecule is COc1ccc(C(CN(C)C)C2(OC(=O)[C@H](C(C)C)n3c(O)ccc3O)CCCCC2)cc1. The second-order valence-electron chi connectivity index (χ2n) is 9.74. The summed E-state index contributed by atoms with van der Waals surface area (Å²) < 4.78 is 13.1. The van der Waals surface area contributed by atoms with Crippen molar-refractivity contribution in [2.45, 2.75) is 63.5 Å². The van der Waals surface area contributed by atoms with Crippen LogP contribution in [0.1, 0.15) is 63.5 Å². The fourth-order valence-electron chi connectivity index (χ4n) is 5.10. The van der Waals surface area contributed by atoms with Crippen LogP contribution in [-0.4, -0.2) is 59.0 Å². The van der Waals surface area contributed by atoms with Gasteiger partial charge in [0, 0.05) is 24.6 Å². The smallest absolute Gasteiger partial charge is 0.330 e. The molecule has 1 fully saturated rings. The van der Waals surface area contributed by atoms with E-state index in [0.29, 0.717) is 0 Å². The molecule has 7 nitrogen and oxygen atoms in total. The maximum atomic E-state index is 13.7. The van der Waals surface area contributed by atoms with Crippen molar-refractivity contribution < 1.29 is 24.5 Å². The summed E-state index contributed by atoms with van der Waals surface area (Å²) in [5.41, 5.74) is 0.437. The fourth-order valence-corrected chi connectivity index (χ4v) is 5.10. The van der Waals surface area contributed by atoms with Gasteiger partial charge in [-0.3, -0.25) is 4.57 Å². The fraction of sp³-hybridized carbons (Fsp3) is 0.577. The molecule has 1 aliphatic rings. The molecule has 1 unspecified atom stereocenters. The van der Waals surface area contributed by atoms with Crippen LogP contribution in [0, 0.1) is 5.92 Å². The minimum Gasteiger partial charge on any atom is -0.497 e. The first-order chi connectivity index (χ1) is 15.7. The number of esters is 1. The van der Waals surface area contributed by atoms with Gasteiger partial charge in [0.2, 0.25) is 0 Å². The highest BCUT2D eigenvalue weighted by atomic mass is 16.6. The minimum absolute atomic E-state index is 0.0256. The Hall–Kier alpha value is -2.67. The molecular formula is C26H38N2O5. The molecule has 182 valence electrons. The second-order valence-corrected chi connectivity index (χ2v) is 9.74. The highest BCUT2D eigenvalue weighted by Crippen LogP contribution is 2.45. The molecule has 0 radical (unpaired) electrons. The lowest BCUT2D eigenvalue weighted by atomic mass is 9.72. The summed E-state index contributed by atoms with van der Waals surface area (Å²) in [4.78, 5) is 15.8. The van der Waals surface area contributed by atoms with Gasteiger partial charge in [0.05, 0.1) is 7.11 Å². The van der Waals surface area contributed by atoms with E-state index in [1.807, 2.05) is 40.1 Å². The minimum atomic E-state index is -0.824. The summed E-state index contributed by atoms with van der Waals surface area (Å²) >= 11 is 0. The quantitative estimate of drug-likeness (QED) is 0.530. The maximum Gasteiger partial charge on any atom is 0.330 e. The molecule has 1 saturated carbocycles. The molecule has 2 aromatic rings. The standard InChI is InChI=1S/C26H38N2O5/c1-18(2)24(28-22(29)13-14-23(28)30)25(31)33-26(15-7-6-8-16-26)21(17-27(3)4)19-9-11-20(32-5)12-10-19/h9-14,18,21,24,29-30H,6-8,15-17H2,1-5H3/t21?,24-/m0/s1. The van der Waals surface area contributed by atoms with Gasteiger partial charge >= 0.3 is 5.97 Å². The number of aromatic nitrogens is 1. The summed E-state index contributed by atoms with van der Waals surface area (Å²) in [5.74, 6) is -0.152. The van der Waals surface area contributed by atoms with E-state index in [9.17, 15) is 15.0 Å². The Morgan fingerprint density at radius 1 is 1.03 bits per heavy atom. The monoisotopic (exact) mass is 458 g/mol. The van der Waals surface area contributed by atoms with Crippen LogP contribution in [0.25, 0.3) is 0 Å². The van der Waals surface area contributed by atoms with Crippen molar-refractivity contribution in [1.29, 1.82) is 0 Å². The van der Waals surface area contributed by atoms with E-state index in [0.717, 1.165) is 50.0 Å². The number of aromatic hydroxyl groups is 2. The van der Waals surface area contributed by atoms with Crippen molar-refractivity contribution in [3.05, 3.63) is 42.0 Å². The summed E-state index contributed by atoms with van der Waals surface area (Å²) in [6.07, 6.45) is 4.64.